The highest BCUT2D eigenvalue weighted by atomic mass is 16.5. The van der Waals surface area contributed by atoms with Crippen molar-refractivity contribution in [2.45, 2.75) is 46.5 Å². The first-order chi connectivity index (χ1) is 16.1. The van der Waals surface area contributed by atoms with E-state index in [-0.39, 0.29) is 17.3 Å². The lowest BCUT2D eigenvalue weighted by atomic mass is 9.90. The Hall–Kier alpha value is -4.25. The van der Waals surface area contributed by atoms with Gasteiger partial charge < -0.3 is 15.0 Å². The number of ether oxygens (including phenoxy) is 1. The fraction of sp³-hybridized carbons (Fsp3) is 0.435. The molecular formula is C23H28N8O3. The smallest absolute Gasteiger partial charge is 0.436 e. The zero-order valence-electron chi connectivity index (χ0n) is 20.2. The highest BCUT2D eigenvalue weighted by Gasteiger charge is 2.29. The second-order valence-corrected chi connectivity index (χ2v) is 8.36. The molecule has 11 nitrogen and oxygen atoms in total. The van der Waals surface area contributed by atoms with Crippen molar-refractivity contribution in [1.82, 2.24) is 9.78 Å². The van der Waals surface area contributed by atoms with E-state index in [2.05, 4.69) is 32.8 Å². The molecule has 178 valence electrons. The first-order valence-electron chi connectivity index (χ1n) is 10.6. The van der Waals surface area contributed by atoms with E-state index >= 15 is 0 Å². The summed E-state index contributed by atoms with van der Waals surface area (Å²) in [4.78, 5) is 26.1. The third kappa shape index (κ3) is 5.95. The Morgan fingerprint density at radius 1 is 1.26 bits per heavy atom. The topological polar surface area (TPSA) is 149 Å². The first kappa shape index (κ1) is 26.0. The van der Waals surface area contributed by atoms with Crippen molar-refractivity contribution in [3.8, 4) is 12.1 Å². The van der Waals surface area contributed by atoms with Gasteiger partial charge in [0.05, 0.1) is 31.0 Å². The molecule has 2 rings (SSSR count). The van der Waals surface area contributed by atoms with Crippen molar-refractivity contribution >= 4 is 34.9 Å². The van der Waals surface area contributed by atoms with Gasteiger partial charge >= 0.3 is 6.09 Å². The molecule has 11 heteroatoms. The van der Waals surface area contributed by atoms with E-state index < -0.39 is 11.5 Å². The lowest BCUT2D eigenvalue weighted by Gasteiger charge is -2.23. The Kier molecular flexibility index (Phi) is 8.46. The van der Waals surface area contributed by atoms with E-state index in [0.717, 1.165) is 10.4 Å². The summed E-state index contributed by atoms with van der Waals surface area (Å²) in [6.45, 7) is 10.1. The van der Waals surface area contributed by atoms with E-state index in [1.165, 1.54) is 14.0 Å². The Balaban J connectivity index is 2.61. The predicted octanol–water partition coefficient (Wildman–Crippen LogP) is 4.78. The van der Waals surface area contributed by atoms with Crippen molar-refractivity contribution < 1.29 is 14.3 Å². The minimum absolute atomic E-state index is 0.0682. The van der Waals surface area contributed by atoms with E-state index in [1.807, 2.05) is 32.6 Å². The highest BCUT2D eigenvalue weighted by Crippen LogP contribution is 2.35. The number of hydrogen-bond acceptors (Lipinski definition) is 9. The van der Waals surface area contributed by atoms with Crippen LogP contribution in [-0.2, 0) is 14.9 Å². The van der Waals surface area contributed by atoms with Gasteiger partial charge in [0.1, 0.15) is 17.3 Å². The number of anilines is 2. The molecule has 0 bridgehead atoms. The van der Waals surface area contributed by atoms with E-state index in [0.29, 0.717) is 36.6 Å². The lowest BCUT2D eigenvalue weighted by molar-refractivity contribution is -0.114. The molecule has 0 aliphatic carbocycles. The average Bonchev–Trinajstić information content (AvgIpc) is 3.17. The predicted molar refractivity (Wildman–Crippen MR) is 126 cm³/mol. The summed E-state index contributed by atoms with van der Waals surface area (Å²) in [7, 11) is 1.20. The number of carbonyl (C=O) groups is 2. The van der Waals surface area contributed by atoms with Crippen molar-refractivity contribution in [2.24, 2.45) is 10.2 Å². The van der Waals surface area contributed by atoms with Gasteiger partial charge in [-0.25, -0.2) is 4.79 Å². The number of nitriles is 2. The van der Waals surface area contributed by atoms with Crippen LogP contribution in [0.4, 0.5) is 27.7 Å². The number of methoxy groups -OCH3 is 1. The molecular weight excluding hydrogens is 436 g/mol. The largest absolute Gasteiger partial charge is 0.451 e. The molecule has 0 fully saturated rings. The van der Waals surface area contributed by atoms with Crippen LogP contribution in [0.1, 0.15) is 52.3 Å². The number of amides is 1. The molecule has 0 aliphatic heterocycles. The molecule has 1 aromatic heterocycles. The summed E-state index contributed by atoms with van der Waals surface area (Å²) >= 11 is 0. The maximum atomic E-state index is 12.3. The third-order valence-corrected chi connectivity index (χ3v) is 4.81. The number of aromatic nitrogens is 2. The second kappa shape index (κ2) is 11.1. The van der Waals surface area contributed by atoms with Crippen molar-refractivity contribution in [2.75, 3.05) is 30.4 Å². The highest BCUT2D eigenvalue weighted by molar-refractivity contribution is 5.93. The second-order valence-electron chi connectivity index (χ2n) is 8.36. The van der Waals surface area contributed by atoms with Gasteiger partial charge in [-0.3, -0.25) is 4.79 Å². The molecule has 0 spiro atoms. The Morgan fingerprint density at radius 3 is 2.50 bits per heavy atom. The van der Waals surface area contributed by atoms with Crippen molar-refractivity contribution in [3.05, 3.63) is 29.5 Å². The van der Waals surface area contributed by atoms with Gasteiger partial charge in [0.25, 0.3) is 0 Å². The van der Waals surface area contributed by atoms with Crippen molar-refractivity contribution in [3.63, 3.8) is 0 Å². The summed E-state index contributed by atoms with van der Waals surface area (Å²) < 4.78 is 5.68. The molecule has 0 unspecified atom stereocenters. The molecule has 0 radical (unpaired) electrons. The molecule has 0 saturated heterocycles. The van der Waals surface area contributed by atoms with Crippen LogP contribution in [0.5, 0.6) is 0 Å². The Morgan fingerprint density at radius 2 is 1.97 bits per heavy atom. The van der Waals surface area contributed by atoms with Gasteiger partial charge in [0.15, 0.2) is 0 Å². The molecule has 0 saturated carbocycles. The zero-order valence-corrected chi connectivity index (χ0v) is 20.2. The SMILES string of the molecule is CCN(CCC#N)c1ccc(/N=N/c2c(C#N)c(C(C)(C)C)nn2C(=O)OC)c(NC(C)=O)c1. The van der Waals surface area contributed by atoms with Crippen LogP contribution in [0, 0.1) is 22.7 Å². The molecule has 0 atom stereocenters. The molecule has 1 N–H and O–H groups in total. The maximum Gasteiger partial charge on any atom is 0.436 e. The van der Waals surface area contributed by atoms with Crippen LogP contribution in [0.2, 0.25) is 0 Å². The van der Waals surface area contributed by atoms with Crippen LogP contribution in [0.3, 0.4) is 0 Å². The standard InChI is InChI=1S/C23H28N8O3/c1-7-30(12-8-11-24)16-9-10-18(19(13-16)26-15(2)32)27-28-21-17(14-25)20(23(3,4)5)29-31(21)22(33)34-6/h9-10,13H,7-8,12H2,1-6H3,(H,26,32)/b28-27+. The lowest BCUT2D eigenvalue weighted by Crippen LogP contribution is -2.23. The molecule has 1 heterocycles. The quantitative estimate of drug-likeness (QED) is 0.579. The van der Waals surface area contributed by atoms with Gasteiger partial charge in [-0.05, 0) is 25.1 Å². The van der Waals surface area contributed by atoms with Crippen LogP contribution in [0.25, 0.3) is 0 Å². The van der Waals surface area contributed by atoms with E-state index in [4.69, 9.17) is 10.00 Å². The van der Waals surface area contributed by atoms with Gasteiger partial charge in [-0.2, -0.15) is 15.6 Å². The summed E-state index contributed by atoms with van der Waals surface area (Å²) in [5.74, 6) is -0.373. The summed E-state index contributed by atoms with van der Waals surface area (Å²) in [5.41, 5.74) is 1.45. The van der Waals surface area contributed by atoms with Crippen LogP contribution < -0.4 is 10.2 Å². The van der Waals surface area contributed by atoms with Crippen LogP contribution in [-0.4, -0.2) is 42.0 Å². The summed E-state index contributed by atoms with van der Waals surface area (Å²) in [6, 6.07) is 9.37. The summed E-state index contributed by atoms with van der Waals surface area (Å²) in [6.07, 6.45) is -0.454. The Labute approximate surface area is 198 Å². The number of azo groups is 1. The maximum absolute atomic E-state index is 12.3. The Bertz CT molecular complexity index is 1180. The fourth-order valence-electron chi connectivity index (χ4n) is 3.20. The third-order valence-electron chi connectivity index (χ3n) is 4.81. The minimum atomic E-state index is -0.811. The van der Waals surface area contributed by atoms with Crippen LogP contribution in [0.15, 0.2) is 28.4 Å². The van der Waals surface area contributed by atoms with Gasteiger partial charge in [0, 0.05) is 31.1 Å². The van der Waals surface area contributed by atoms with Crippen LogP contribution >= 0.6 is 0 Å². The van der Waals surface area contributed by atoms with Gasteiger partial charge in [-0.15, -0.1) is 14.9 Å². The normalized spacial score (nSPS) is 11.1. The average molecular weight is 465 g/mol. The number of hydrogen-bond donors (Lipinski definition) is 1. The molecule has 1 amide bonds. The number of carbonyl (C=O) groups excluding carboxylic acids is 2. The molecule has 0 aliphatic rings. The number of rotatable bonds is 7. The number of nitrogens with one attached hydrogen (secondary N) is 1. The van der Waals surface area contributed by atoms with E-state index in [1.54, 1.807) is 18.2 Å². The molecule has 2 aromatic rings. The fourth-order valence-corrected chi connectivity index (χ4v) is 3.20. The zero-order chi connectivity index (χ0) is 25.5. The summed E-state index contributed by atoms with van der Waals surface area (Å²) in [5, 5.41) is 34.0. The van der Waals surface area contributed by atoms with E-state index in [9.17, 15) is 14.9 Å². The monoisotopic (exact) mass is 464 g/mol. The minimum Gasteiger partial charge on any atom is -0.451 e. The number of nitrogens with zero attached hydrogens (tertiary/aromatic N) is 7. The molecule has 1 aromatic carbocycles. The van der Waals surface area contributed by atoms with Gasteiger partial charge in [-0.1, -0.05) is 20.8 Å². The number of benzene rings is 1. The van der Waals surface area contributed by atoms with Crippen molar-refractivity contribution in [1.29, 1.82) is 10.5 Å². The first-order valence-corrected chi connectivity index (χ1v) is 10.6. The molecule has 34 heavy (non-hydrogen) atoms. The van der Waals surface area contributed by atoms with Gasteiger partial charge in [0.2, 0.25) is 11.7 Å².